The summed E-state index contributed by atoms with van der Waals surface area (Å²) < 4.78 is 5.51. The molecule has 1 nitrogen and oxygen atoms in total. The molecule has 0 spiro atoms. The van der Waals surface area contributed by atoms with Crippen molar-refractivity contribution in [2.45, 2.75) is 32.1 Å². The van der Waals surface area contributed by atoms with Crippen molar-refractivity contribution in [2.75, 3.05) is 13.2 Å². The lowest BCUT2D eigenvalue weighted by Gasteiger charge is -2.22. The van der Waals surface area contributed by atoms with Crippen molar-refractivity contribution in [1.29, 1.82) is 0 Å². The minimum atomic E-state index is 0.676. The molecule has 13 heavy (non-hydrogen) atoms. The van der Waals surface area contributed by atoms with Crippen LogP contribution in [0.15, 0.2) is 10.8 Å². The summed E-state index contributed by atoms with van der Waals surface area (Å²) in [7, 11) is 0. The summed E-state index contributed by atoms with van der Waals surface area (Å²) in [6.07, 6.45) is 3.70. The number of aryl methyl sites for hydroxylation is 1. The van der Waals surface area contributed by atoms with Crippen LogP contribution >= 0.6 is 11.3 Å². The topological polar surface area (TPSA) is 9.23 Å². The highest BCUT2D eigenvalue weighted by atomic mass is 32.1. The van der Waals surface area contributed by atoms with E-state index in [1.54, 1.807) is 5.56 Å². The Morgan fingerprint density at radius 3 is 3.15 bits per heavy atom. The molecule has 1 saturated heterocycles. The third kappa shape index (κ3) is 1.94. The van der Waals surface area contributed by atoms with Gasteiger partial charge >= 0.3 is 0 Å². The molecule has 0 N–H and O–H groups in total. The molecule has 0 aliphatic carbocycles. The van der Waals surface area contributed by atoms with Crippen LogP contribution in [-0.2, 0) is 11.2 Å². The third-order valence-corrected chi connectivity index (χ3v) is 3.57. The summed E-state index contributed by atoms with van der Waals surface area (Å²) in [5, 5.41) is 4.59. The van der Waals surface area contributed by atoms with E-state index < -0.39 is 0 Å². The molecule has 2 rings (SSSR count). The molecule has 1 aromatic rings. The van der Waals surface area contributed by atoms with Crippen molar-refractivity contribution in [3.63, 3.8) is 0 Å². The predicted molar refractivity (Wildman–Crippen MR) is 56.5 cm³/mol. The Bertz CT molecular complexity index is 261. The van der Waals surface area contributed by atoms with E-state index in [4.69, 9.17) is 4.74 Å². The van der Waals surface area contributed by atoms with Gasteiger partial charge in [-0.3, -0.25) is 0 Å². The van der Waals surface area contributed by atoms with Crippen LogP contribution < -0.4 is 0 Å². The van der Waals surface area contributed by atoms with Gasteiger partial charge in [0, 0.05) is 12.5 Å². The van der Waals surface area contributed by atoms with E-state index in [1.807, 2.05) is 11.3 Å². The van der Waals surface area contributed by atoms with Crippen molar-refractivity contribution < 1.29 is 4.74 Å². The van der Waals surface area contributed by atoms with Crippen LogP contribution in [0, 0.1) is 0 Å². The second-order valence-electron chi connectivity index (χ2n) is 3.62. The van der Waals surface area contributed by atoms with Crippen LogP contribution in [0.1, 0.15) is 36.8 Å². The number of thiophene rings is 1. The van der Waals surface area contributed by atoms with Gasteiger partial charge in [-0.15, -0.1) is 0 Å². The fraction of sp³-hybridized carbons (Fsp3) is 0.636. The molecule has 2 heterocycles. The fourth-order valence-electron chi connectivity index (χ4n) is 1.97. The van der Waals surface area contributed by atoms with Crippen molar-refractivity contribution in [3.05, 3.63) is 21.9 Å². The highest BCUT2D eigenvalue weighted by molar-refractivity contribution is 7.08. The molecule has 1 aliphatic rings. The molecule has 1 fully saturated rings. The lowest BCUT2D eigenvalue weighted by Crippen LogP contribution is -2.15. The molecule has 1 unspecified atom stereocenters. The van der Waals surface area contributed by atoms with E-state index in [-0.39, 0.29) is 0 Å². The Balaban J connectivity index is 2.13. The minimum absolute atomic E-state index is 0.676. The van der Waals surface area contributed by atoms with Gasteiger partial charge in [-0.25, -0.2) is 0 Å². The van der Waals surface area contributed by atoms with Gasteiger partial charge in [0.25, 0.3) is 0 Å². The van der Waals surface area contributed by atoms with Crippen LogP contribution in [0.2, 0.25) is 0 Å². The number of hydrogen-bond donors (Lipinski definition) is 0. The summed E-state index contributed by atoms with van der Waals surface area (Å²) in [5.74, 6) is 0.676. The SMILES string of the molecule is CCc1cscc1C1CCCOC1. The molecule has 1 atom stereocenters. The Morgan fingerprint density at radius 2 is 2.46 bits per heavy atom. The van der Waals surface area contributed by atoms with Crippen molar-refractivity contribution >= 4 is 11.3 Å². The van der Waals surface area contributed by atoms with Gasteiger partial charge in [-0.05, 0) is 41.1 Å². The number of ether oxygens (including phenoxy) is 1. The predicted octanol–water partition coefficient (Wildman–Crippen LogP) is 3.20. The van der Waals surface area contributed by atoms with Gasteiger partial charge in [0.2, 0.25) is 0 Å². The summed E-state index contributed by atoms with van der Waals surface area (Å²) in [6.45, 7) is 4.13. The molecule has 0 radical (unpaired) electrons. The van der Waals surface area contributed by atoms with E-state index in [0.717, 1.165) is 19.6 Å². The zero-order valence-corrected chi connectivity index (χ0v) is 8.90. The summed E-state index contributed by atoms with van der Waals surface area (Å²) >= 11 is 1.83. The molecule has 0 amide bonds. The number of rotatable bonds is 2. The Hall–Kier alpha value is -0.340. The van der Waals surface area contributed by atoms with E-state index in [1.165, 1.54) is 18.4 Å². The van der Waals surface area contributed by atoms with Gasteiger partial charge in [-0.2, -0.15) is 11.3 Å². The molecule has 72 valence electrons. The first-order valence-electron chi connectivity index (χ1n) is 5.04. The van der Waals surface area contributed by atoms with E-state index in [2.05, 4.69) is 17.7 Å². The largest absolute Gasteiger partial charge is 0.381 e. The second kappa shape index (κ2) is 4.25. The minimum Gasteiger partial charge on any atom is -0.381 e. The molecule has 2 heteroatoms. The lowest BCUT2D eigenvalue weighted by molar-refractivity contribution is 0.0803. The maximum Gasteiger partial charge on any atom is 0.0535 e. The van der Waals surface area contributed by atoms with E-state index in [9.17, 15) is 0 Å². The van der Waals surface area contributed by atoms with Crippen molar-refractivity contribution in [2.24, 2.45) is 0 Å². The average molecular weight is 196 g/mol. The van der Waals surface area contributed by atoms with Crippen LogP contribution in [0.3, 0.4) is 0 Å². The highest BCUT2D eigenvalue weighted by Crippen LogP contribution is 2.30. The maximum atomic E-state index is 5.51. The maximum absolute atomic E-state index is 5.51. The Labute approximate surface area is 83.7 Å². The molecule has 0 bridgehead atoms. The third-order valence-electron chi connectivity index (χ3n) is 2.76. The van der Waals surface area contributed by atoms with Crippen LogP contribution in [-0.4, -0.2) is 13.2 Å². The molecule has 0 aromatic carbocycles. The molecular formula is C11H16OS. The monoisotopic (exact) mass is 196 g/mol. The van der Waals surface area contributed by atoms with Crippen LogP contribution in [0.25, 0.3) is 0 Å². The van der Waals surface area contributed by atoms with Crippen molar-refractivity contribution in [3.8, 4) is 0 Å². The zero-order valence-electron chi connectivity index (χ0n) is 8.08. The first-order valence-corrected chi connectivity index (χ1v) is 5.98. The molecule has 1 aromatic heterocycles. The first kappa shape index (κ1) is 9.22. The molecular weight excluding hydrogens is 180 g/mol. The summed E-state index contributed by atoms with van der Waals surface area (Å²) in [4.78, 5) is 0. The molecule has 0 saturated carbocycles. The van der Waals surface area contributed by atoms with E-state index >= 15 is 0 Å². The van der Waals surface area contributed by atoms with Crippen LogP contribution in [0.4, 0.5) is 0 Å². The smallest absolute Gasteiger partial charge is 0.0535 e. The van der Waals surface area contributed by atoms with Gasteiger partial charge < -0.3 is 4.74 Å². The summed E-state index contributed by atoms with van der Waals surface area (Å²) in [6, 6.07) is 0. The van der Waals surface area contributed by atoms with Gasteiger partial charge in [-0.1, -0.05) is 6.92 Å². The molecule has 1 aliphatic heterocycles. The fourth-order valence-corrected chi connectivity index (χ4v) is 2.99. The van der Waals surface area contributed by atoms with Crippen molar-refractivity contribution in [1.82, 2.24) is 0 Å². The average Bonchev–Trinajstić information content (AvgIpc) is 2.67. The highest BCUT2D eigenvalue weighted by Gasteiger charge is 2.18. The van der Waals surface area contributed by atoms with Gasteiger partial charge in [0.1, 0.15) is 0 Å². The van der Waals surface area contributed by atoms with Crippen LogP contribution in [0.5, 0.6) is 0 Å². The standard InChI is InChI=1S/C11H16OS/c1-2-9-7-13-8-11(9)10-4-3-5-12-6-10/h7-8,10H,2-6H2,1H3. The second-order valence-corrected chi connectivity index (χ2v) is 4.36. The summed E-state index contributed by atoms with van der Waals surface area (Å²) in [5.41, 5.74) is 3.08. The Morgan fingerprint density at radius 1 is 1.54 bits per heavy atom. The zero-order chi connectivity index (χ0) is 9.10. The Kier molecular flexibility index (Phi) is 3.01. The van der Waals surface area contributed by atoms with Gasteiger partial charge in [0.05, 0.1) is 6.61 Å². The van der Waals surface area contributed by atoms with Gasteiger partial charge in [0.15, 0.2) is 0 Å². The van der Waals surface area contributed by atoms with E-state index in [0.29, 0.717) is 5.92 Å². The lowest BCUT2D eigenvalue weighted by atomic mass is 9.92. The quantitative estimate of drug-likeness (QED) is 0.705. The normalized spacial score (nSPS) is 23.3. The first-order chi connectivity index (χ1) is 6.42. The number of hydrogen-bond acceptors (Lipinski definition) is 2.